The molecule has 7 heteroatoms. The lowest BCUT2D eigenvalue weighted by Crippen LogP contribution is -2.38. The summed E-state index contributed by atoms with van der Waals surface area (Å²) in [6.07, 6.45) is 1.31. The summed E-state index contributed by atoms with van der Waals surface area (Å²) in [7, 11) is -0.536. The molecule has 1 N–H and O–H groups in total. The molecule has 2 unspecified atom stereocenters. The topological polar surface area (TPSA) is 69.7 Å². The van der Waals surface area contributed by atoms with Crippen molar-refractivity contribution in [1.82, 2.24) is 14.5 Å². The second-order valence-electron chi connectivity index (χ2n) is 8.95. The molecule has 0 saturated carbocycles. The summed E-state index contributed by atoms with van der Waals surface area (Å²) >= 11 is 0. The monoisotopic (exact) mass is 443 g/mol. The van der Waals surface area contributed by atoms with Crippen LogP contribution in [0.3, 0.4) is 0 Å². The van der Waals surface area contributed by atoms with E-state index in [0.29, 0.717) is 12.1 Å². The van der Waals surface area contributed by atoms with Gasteiger partial charge < -0.3 is 5.32 Å². The van der Waals surface area contributed by atoms with Crippen LogP contribution in [0.25, 0.3) is 0 Å². The molecule has 2 aromatic rings. The Morgan fingerprint density at radius 3 is 2.06 bits per heavy atom. The number of amides is 1. The van der Waals surface area contributed by atoms with Gasteiger partial charge in [0.1, 0.15) is 0 Å². The van der Waals surface area contributed by atoms with Crippen LogP contribution >= 0.6 is 0 Å². The first kappa shape index (κ1) is 23.4. The van der Waals surface area contributed by atoms with Crippen LogP contribution in [-0.2, 0) is 23.1 Å². The molecule has 1 heterocycles. The number of likely N-dealkylation sites (tertiary alicyclic amines) is 1. The van der Waals surface area contributed by atoms with Crippen LogP contribution in [0.1, 0.15) is 41.8 Å². The van der Waals surface area contributed by atoms with E-state index in [1.807, 2.05) is 0 Å². The van der Waals surface area contributed by atoms with E-state index in [-0.39, 0.29) is 10.8 Å². The van der Waals surface area contributed by atoms with E-state index in [1.165, 1.54) is 50.3 Å². The minimum absolute atomic E-state index is 0.169. The van der Waals surface area contributed by atoms with Crippen LogP contribution in [0.5, 0.6) is 0 Å². The fourth-order valence-corrected chi connectivity index (χ4v) is 5.12. The molecule has 2 atom stereocenters. The van der Waals surface area contributed by atoms with Crippen molar-refractivity contribution in [1.29, 1.82) is 0 Å². The molecular weight excluding hydrogens is 410 g/mol. The molecule has 0 bridgehead atoms. The van der Waals surface area contributed by atoms with Gasteiger partial charge in [-0.1, -0.05) is 38.1 Å². The Kier molecular flexibility index (Phi) is 7.51. The molecular formula is C24H33N3O3S. The van der Waals surface area contributed by atoms with Gasteiger partial charge in [-0.15, -0.1) is 0 Å². The first-order valence-electron chi connectivity index (χ1n) is 10.8. The van der Waals surface area contributed by atoms with E-state index in [4.69, 9.17) is 0 Å². The highest BCUT2D eigenvalue weighted by Crippen LogP contribution is 2.22. The Labute approximate surface area is 186 Å². The van der Waals surface area contributed by atoms with Crippen LogP contribution in [0.2, 0.25) is 0 Å². The number of carbonyl (C=O) groups is 1. The van der Waals surface area contributed by atoms with Crippen molar-refractivity contribution in [3.05, 3.63) is 65.2 Å². The van der Waals surface area contributed by atoms with Crippen LogP contribution in [0, 0.1) is 11.8 Å². The van der Waals surface area contributed by atoms with E-state index < -0.39 is 10.0 Å². The molecule has 2 aromatic carbocycles. The highest BCUT2D eigenvalue weighted by atomic mass is 32.2. The van der Waals surface area contributed by atoms with Gasteiger partial charge in [-0.3, -0.25) is 9.69 Å². The Balaban J connectivity index is 1.53. The second-order valence-corrected chi connectivity index (χ2v) is 11.1. The number of carbonyl (C=O) groups excluding carboxylic acids is 1. The quantitative estimate of drug-likeness (QED) is 0.713. The molecule has 3 rings (SSSR count). The molecule has 0 radical (unpaired) electrons. The molecule has 1 aliphatic rings. The van der Waals surface area contributed by atoms with Crippen LogP contribution in [0.4, 0.5) is 0 Å². The van der Waals surface area contributed by atoms with Crippen molar-refractivity contribution < 1.29 is 13.2 Å². The van der Waals surface area contributed by atoms with E-state index in [9.17, 15) is 13.2 Å². The standard InChI is InChI=1S/C24H33N3O3S/c1-18-13-19(2)16-27(15-18)17-21-7-5-20(6-8-21)14-25-24(28)22-9-11-23(12-10-22)31(29,30)26(3)4/h5-12,18-19H,13-17H2,1-4H3,(H,25,28). The van der Waals surface area contributed by atoms with Gasteiger partial charge in [0.25, 0.3) is 5.91 Å². The second kappa shape index (κ2) is 9.94. The summed E-state index contributed by atoms with van der Waals surface area (Å²) in [5, 5.41) is 2.90. The van der Waals surface area contributed by atoms with Crippen molar-refractivity contribution in [3.8, 4) is 0 Å². The van der Waals surface area contributed by atoms with Gasteiger partial charge >= 0.3 is 0 Å². The molecule has 31 heavy (non-hydrogen) atoms. The van der Waals surface area contributed by atoms with Gasteiger partial charge in [-0.25, -0.2) is 12.7 Å². The third-order valence-corrected chi connectivity index (χ3v) is 7.55. The molecule has 0 aliphatic carbocycles. The van der Waals surface area contributed by atoms with Crippen molar-refractivity contribution in [2.75, 3.05) is 27.2 Å². The summed E-state index contributed by atoms with van der Waals surface area (Å²) in [6.45, 7) is 8.33. The van der Waals surface area contributed by atoms with E-state index in [0.717, 1.165) is 41.3 Å². The molecule has 1 aliphatic heterocycles. The van der Waals surface area contributed by atoms with Crippen LogP contribution in [-0.4, -0.2) is 50.7 Å². The maximum absolute atomic E-state index is 12.4. The van der Waals surface area contributed by atoms with Gasteiger partial charge in [0.2, 0.25) is 10.0 Å². The number of benzene rings is 2. The maximum atomic E-state index is 12.4. The third kappa shape index (κ3) is 6.15. The summed E-state index contributed by atoms with van der Waals surface area (Å²) < 4.78 is 25.4. The van der Waals surface area contributed by atoms with Crippen LogP contribution < -0.4 is 5.32 Å². The minimum atomic E-state index is -3.50. The lowest BCUT2D eigenvalue weighted by Gasteiger charge is -2.35. The van der Waals surface area contributed by atoms with Gasteiger partial charge in [0, 0.05) is 45.8 Å². The lowest BCUT2D eigenvalue weighted by atomic mass is 9.91. The van der Waals surface area contributed by atoms with Crippen molar-refractivity contribution in [2.24, 2.45) is 11.8 Å². The summed E-state index contributed by atoms with van der Waals surface area (Å²) in [5.41, 5.74) is 2.75. The predicted octanol–water partition coefficient (Wildman–Crippen LogP) is 3.34. The molecule has 6 nitrogen and oxygen atoms in total. The Morgan fingerprint density at radius 1 is 0.968 bits per heavy atom. The first-order chi connectivity index (χ1) is 14.6. The maximum Gasteiger partial charge on any atom is 0.251 e. The highest BCUT2D eigenvalue weighted by Gasteiger charge is 2.21. The Hall–Kier alpha value is -2.22. The normalized spacial score (nSPS) is 20.0. The molecule has 0 aromatic heterocycles. The fourth-order valence-electron chi connectivity index (χ4n) is 4.22. The minimum Gasteiger partial charge on any atom is -0.348 e. The summed E-state index contributed by atoms with van der Waals surface area (Å²) in [5.74, 6) is 1.26. The average molecular weight is 444 g/mol. The van der Waals surface area contributed by atoms with Crippen molar-refractivity contribution >= 4 is 15.9 Å². The first-order valence-corrected chi connectivity index (χ1v) is 12.2. The van der Waals surface area contributed by atoms with Crippen molar-refractivity contribution in [3.63, 3.8) is 0 Å². The van der Waals surface area contributed by atoms with Gasteiger partial charge in [0.15, 0.2) is 0 Å². The van der Waals surface area contributed by atoms with Gasteiger partial charge in [0.05, 0.1) is 4.90 Å². The van der Waals surface area contributed by atoms with Gasteiger partial charge in [-0.05, 0) is 53.6 Å². The predicted molar refractivity (Wildman–Crippen MR) is 123 cm³/mol. The lowest BCUT2D eigenvalue weighted by molar-refractivity contribution is 0.0951. The Morgan fingerprint density at radius 2 is 1.52 bits per heavy atom. The molecule has 1 fully saturated rings. The average Bonchev–Trinajstić information content (AvgIpc) is 2.72. The number of piperidine rings is 1. The fraction of sp³-hybridized carbons (Fsp3) is 0.458. The SMILES string of the molecule is CC1CC(C)CN(Cc2ccc(CNC(=O)c3ccc(S(=O)(=O)N(C)C)cc3)cc2)C1. The zero-order valence-electron chi connectivity index (χ0n) is 18.8. The molecule has 0 spiro atoms. The van der Waals surface area contributed by atoms with E-state index in [2.05, 4.69) is 48.3 Å². The van der Waals surface area contributed by atoms with Crippen LogP contribution in [0.15, 0.2) is 53.4 Å². The number of nitrogens with zero attached hydrogens (tertiary/aromatic N) is 2. The zero-order valence-corrected chi connectivity index (χ0v) is 19.7. The third-order valence-electron chi connectivity index (χ3n) is 5.72. The summed E-state index contributed by atoms with van der Waals surface area (Å²) in [4.78, 5) is 15.1. The smallest absolute Gasteiger partial charge is 0.251 e. The van der Waals surface area contributed by atoms with E-state index >= 15 is 0 Å². The zero-order chi connectivity index (χ0) is 22.6. The highest BCUT2D eigenvalue weighted by molar-refractivity contribution is 7.89. The molecule has 1 saturated heterocycles. The summed E-state index contributed by atoms with van der Waals surface area (Å²) in [6, 6.07) is 14.4. The number of sulfonamides is 1. The number of nitrogens with one attached hydrogen (secondary N) is 1. The Bertz CT molecular complexity index is 976. The number of rotatable bonds is 7. The molecule has 1 amide bonds. The molecule has 168 valence electrons. The number of hydrogen-bond acceptors (Lipinski definition) is 4. The van der Waals surface area contributed by atoms with Crippen molar-refractivity contribution in [2.45, 2.75) is 38.3 Å². The van der Waals surface area contributed by atoms with Gasteiger partial charge in [-0.2, -0.15) is 0 Å². The number of hydrogen-bond donors (Lipinski definition) is 1. The van der Waals surface area contributed by atoms with E-state index in [1.54, 1.807) is 0 Å². The largest absolute Gasteiger partial charge is 0.348 e.